The van der Waals surface area contributed by atoms with Crippen molar-refractivity contribution in [1.29, 1.82) is 0 Å². The maximum Gasteiger partial charge on any atom is 0.227 e. The molecule has 0 amide bonds. The maximum atomic E-state index is 12.2. The molecule has 2 heterocycles. The third-order valence-electron chi connectivity index (χ3n) is 2.06. The molecule has 0 atom stereocenters. The monoisotopic (exact) mass is 301 g/mol. The van der Waals surface area contributed by atoms with Crippen molar-refractivity contribution in [1.82, 2.24) is 15.0 Å². The van der Waals surface area contributed by atoms with Crippen LogP contribution in [0.15, 0.2) is 16.0 Å². The Hall–Kier alpha value is -1.21. The number of aryl methyl sites for hydroxylation is 1. The standard InChI is InChI=1S/C9H8BrN3O2S/c1-13-6(9(10)11-12-13)7(14)8-5(15-2)3-4-16-8/h3-4H,1-2H3. The second-order valence-corrected chi connectivity index (χ2v) is 4.67. The van der Waals surface area contributed by atoms with Crippen LogP contribution in [0.5, 0.6) is 5.75 Å². The molecule has 0 bridgehead atoms. The fraction of sp³-hybridized carbons (Fsp3) is 0.222. The van der Waals surface area contributed by atoms with Crippen molar-refractivity contribution in [2.24, 2.45) is 7.05 Å². The Morgan fingerprint density at radius 1 is 1.62 bits per heavy atom. The van der Waals surface area contributed by atoms with Crippen molar-refractivity contribution in [3.63, 3.8) is 0 Å². The molecule has 0 saturated heterocycles. The van der Waals surface area contributed by atoms with Gasteiger partial charge >= 0.3 is 0 Å². The Morgan fingerprint density at radius 2 is 2.38 bits per heavy atom. The molecule has 0 N–H and O–H groups in total. The number of carbonyl (C=O) groups is 1. The van der Waals surface area contributed by atoms with Gasteiger partial charge in [-0.3, -0.25) is 4.79 Å². The van der Waals surface area contributed by atoms with Crippen molar-refractivity contribution in [2.45, 2.75) is 0 Å². The van der Waals surface area contributed by atoms with Gasteiger partial charge in [0, 0.05) is 7.05 Å². The van der Waals surface area contributed by atoms with Crippen LogP contribution in [-0.4, -0.2) is 27.9 Å². The van der Waals surface area contributed by atoms with Gasteiger partial charge in [0.25, 0.3) is 0 Å². The van der Waals surface area contributed by atoms with Crippen LogP contribution in [0, 0.1) is 0 Å². The Kier molecular flexibility index (Phi) is 3.06. The van der Waals surface area contributed by atoms with Gasteiger partial charge in [0.2, 0.25) is 5.78 Å². The molecule has 0 radical (unpaired) electrons. The van der Waals surface area contributed by atoms with E-state index in [2.05, 4.69) is 26.2 Å². The number of nitrogens with zero attached hydrogens (tertiary/aromatic N) is 3. The number of aromatic nitrogens is 3. The van der Waals surface area contributed by atoms with Crippen LogP contribution >= 0.6 is 27.3 Å². The molecule has 0 fully saturated rings. The van der Waals surface area contributed by atoms with Crippen molar-refractivity contribution >= 4 is 33.0 Å². The van der Waals surface area contributed by atoms with Gasteiger partial charge in [0.15, 0.2) is 4.60 Å². The molecule has 0 aliphatic heterocycles. The highest BCUT2D eigenvalue weighted by Crippen LogP contribution is 2.28. The smallest absolute Gasteiger partial charge is 0.227 e. The fourth-order valence-electron chi connectivity index (χ4n) is 1.30. The summed E-state index contributed by atoms with van der Waals surface area (Å²) in [6.45, 7) is 0. The highest BCUT2D eigenvalue weighted by Gasteiger charge is 2.22. The summed E-state index contributed by atoms with van der Waals surface area (Å²) in [5.74, 6) is 0.425. The van der Waals surface area contributed by atoms with E-state index >= 15 is 0 Å². The number of hydrogen-bond donors (Lipinski definition) is 0. The predicted molar refractivity (Wildman–Crippen MR) is 63.0 cm³/mol. The molecule has 0 spiro atoms. The third kappa shape index (κ3) is 1.76. The minimum absolute atomic E-state index is 0.147. The second-order valence-electron chi connectivity index (χ2n) is 3.00. The Balaban J connectivity index is 2.47. The first kappa shape index (κ1) is 11.3. The van der Waals surface area contributed by atoms with E-state index in [-0.39, 0.29) is 5.78 Å². The minimum atomic E-state index is -0.147. The van der Waals surface area contributed by atoms with E-state index in [1.165, 1.54) is 23.1 Å². The Morgan fingerprint density at radius 3 is 2.94 bits per heavy atom. The lowest BCUT2D eigenvalue weighted by atomic mass is 10.2. The summed E-state index contributed by atoms with van der Waals surface area (Å²) in [5.41, 5.74) is 0.417. The topological polar surface area (TPSA) is 57.0 Å². The number of methoxy groups -OCH3 is 1. The summed E-state index contributed by atoms with van der Waals surface area (Å²) in [4.78, 5) is 12.7. The molecule has 84 valence electrons. The van der Waals surface area contributed by atoms with Crippen molar-refractivity contribution < 1.29 is 9.53 Å². The zero-order chi connectivity index (χ0) is 11.7. The van der Waals surface area contributed by atoms with Gasteiger partial charge in [-0.05, 0) is 27.4 Å². The lowest BCUT2D eigenvalue weighted by Crippen LogP contribution is -2.08. The van der Waals surface area contributed by atoms with Crippen LogP contribution in [0.3, 0.4) is 0 Å². The summed E-state index contributed by atoms with van der Waals surface area (Å²) in [5, 5.41) is 9.35. The first-order chi connectivity index (χ1) is 7.65. The zero-order valence-electron chi connectivity index (χ0n) is 8.60. The molecule has 0 aromatic carbocycles. The first-order valence-corrected chi connectivity index (χ1v) is 6.03. The number of halogens is 1. The molecule has 0 aliphatic rings. The third-order valence-corrected chi connectivity index (χ3v) is 3.48. The van der Waals surface area contributed by atoms with Gasteiger partial charge in [-0.1, -0.05) is 5.21 Å². The SMILES string of the molecule is COc1ccsc1C(=O)c1c(Br)nnn1C. The average Bonchev–Trinajstić information content (AvgIpc) is 2.85. The lowest BCUT2D eigenvalue weighted by molar-refractivity contribution is 0.103. The van der Waals surface area contributed by atoms with Gasteiger partial charge < -0.3 is 4.74 Å². The fourth-order valence-corrected chi connectivity index (χ4v) is 2.61. The van der Waals surface area contributed by atoms with Gasteiger partial charge in [0.1, 0.15) is 16.3 Å². The number of rotatable bonds is 3. The molecule has 0 saturated carbocycles. The molecule has 2 aromatic heterocycles. The van der Waals surface area contributed by atoms with Crippen LogP contribution in [0.25, 0.3) is 0 Å². The van der Waals surface area contributed by atoms with Gasteiger partial charge in [-0.15, -0.1) is 16.4 Å². The van der Waals surface area contributed by atoms with E-state index in [9.17, 15) is 4.79 Å². The Labute approximate surface area is 104 Å². The molecular weight excluding hydrogens is 294 g/mol. The van der Waals surface area contributed by atoms with Crippen LogP contribution in [-0.2, 0) is 7.05 Å². The number of hydrogen-bond acceptors (Lipinski definition) is 5. The van der Waals surface area contributed by atoms with E-state index in [0.29, 0.717) is 20.9 Å². The summed E-state index contributed by atoms with van der Waals surface area (Å²) in [6, 6.07) is 1.76. The van der Waals surface area contributed by atoms with E-state index in [0.717, 1.165) is 0 Å². The molecule has 0 aliphatic carbocycles. The average molecular weight is 302 g/mol. The number of ketones is 1. The number of carbonyl (C=O) groups excluding carboxylic acids is 1. The quantitative estimate of drug-likeness (QED) is 0.812. The van der Waals surface area contributed by atoms with Crippen molar-refractivity contribution in [3.05, 3.63) is 26.6 Å². The van der Waals surface area contributed by atoms with Crippen molar-refractivity contribution in [3.8, 4) is 5.75 Å². The van der Waals surface area contributed by atoms with Gasteiger partial charge in [-0.2, -0.15) is 0 Å². The van der Waals surface area contributed by atoms with Crippen LogP contribution in [0.4, 0.5) is 0 Å². The largest absolute Gasteiger partial charge is 0.495 e. The van der Waals surface area contributed by atoms with E-state index in [1.54, 1.807) is 13.1 Å². The van der Waals surface area contributed by atoms with Crippen LogP contribution in [0.2, 0.25) is 0 Å². The van der Waals surface area contributed by atoms with E-state index in [4.69, 9.17) is 4.74 Å². The maximum absolute atomic E-state index is 12.2. The molecule has 2 rings (SSSR count). The molecule has 0 unspecified atom stereocenters. The second kappa shape index (κ2) is 4.34. The van der Waals surface area contributed by atoms with Gasteiger partial charge in [0.05, 0.1) is 7.11 Å². The van der Waals surface area contributed by atoms with Crippen LogP contribution in [0.1, 0.15) is 15.4 Å². The molecule has 16 heavy (non-hydrogen) atoms. The first-order valence-electron chi connectivity index (χ1n) is 4.36. The minimum Gasteiger partial charge on any atom is -0.495 e. The van der Waals surface area contributed by atoms with E-state index in [1.807, 2.05) is 5.38 Å². The van der Waals surface area contributed by atoms with Crippen LogP contribution < -0.4 is 4.74 Å². The normalized spacial score (nSPS) is 10.4. The molecule has 5 nitrogen and oxygen atoms in total. The van der Waals surface area contributed by atoms with Gasteiger partial charge in [-0.25, -0.2) is 4.68 Å². The molecule has 7 heteroatoms. The molecular formula is C9H8BrN3O2S. The summed E-state index contributed by atoms with van der Waals surface area (Å²) >= 11 is 4.53. The van der Waals surface area contributed by atoms with E-state index < -0.39 is 0 Å². The predicted octanol–water partition coefficient (Wildman–Crippen LogP) is 1.88. The zero-order valence-corrected chi connectivity index (χ0v) is 11.0. The summed E-state index contributed by atoms with van der Waals surface area (Å²) in [7, 11) is 3.21. The summed E-state index contributed by atoms with van der Waals surface area (Å²) < 4.78 is 6.98. The highest BCUT2D eigenvalue weighted by molar-refractivity contribution is 9.10. The highest BCUT2D eigenvalue weighted by atomic mass is 79.9. The number of thiophene rings is 1. The summed E-state index contributed by atoms with van der Waals surface area (Å²) in [6.07, 6.45) is 0. The molecule has 2 aromatic rings. The Bertz CT molecular complexity index is 515. The number of ether oxygens (including phenoxy) is 1. The van der Waals surface area contributed by atoms with Crippen molar-refractivity contribution in [2.75, 3.05) is 7.11 Å². The lowest BCUT2D eigenvalue weighted by Gasteiger charge is -2.01.